The van der Waals surface area contributed by atoms with Gasteiger partial charge in [-0.3, -0.25) is 4.79 Å². The minimum Gasteiger partial charge on any atom is -0.383 e. The van der Waals surface area contributed by atoms with E-state index in [9.17, 15) is 18.0 Å². The zero-order chi connectivity index (χ0) is 22.1. The minimum atomic E-state index is -4.66. The van der Waals surface area contributed by atoms with Gasteiger partial charge in [-0.2, -0.15) is 13.2 Å². The van der Waals surface area contributed by atoms with Gasteiger partial charge in [0.25, 0.3) is 0 Å². The number of ether oxygens (including phenoxy) is 1. The number of carbonyl (C=O) groups is 1. The van der Waals surface area contributed by atoms with E-state index in [0.717, 1.165) is 23.1 Å². The molecule has 0 unspecified atom stereocenters. The van der Waals surface area contributed by atoms with Crippen molar-refractivity contribution in [1.29, 1.82) is 0 Å². The first-order chi connectivity index (χ1) is 14.1. The first-order valence-electron chi connectivity index (χ1n) is 9.30. The third-order valence-electron chi connectivity index (χ3n) is 4.80. The average molecular weight is 437 g/mol. The van der Waals surface area contributed by atoms with Crippen LogP contribution in [0.25, 0.3) is 10.9 Å². The van der Waals surface area contributed by atoms with Crippen LogP contribution in [0, 0.1) is 13.8 Å². The molecule has 0 N–H and O–H groups in total. The number of benzene rings is 1. The van der Waals surface area contributed by atoms with Gasteiger partial charge >= 0.3 is 6.18 Å². The lowest BCUT2D eigenvalue weighted by Gasteiger charge is -2.17. The van der Waals surface area contributed by atoms with Crippen molar-refractivity contribution in [3.8, 4) is 0 Å². The summed E-state index contributed by atoms with van der Waals surface area (Å²) in [6, 6.07) is 8.35. The molecular formula is C21H22F3N3O2S. The highest BCUT2D eigenvalue weighted by Crippen LogP contribution is 2.32. The maximum Gasteiger partial charge on any atom is 0.451 e. The fourth-order valence-corrected chi connectivity index (χ4v) is 4.45. The molecule has 2 aromatic heterocycles. The van der Waals surface area contributed by atoms with E-state index >= 15 is 0 Å². The zero-order valence-electron chi connectivity index (χ0n) is 17.1. The normalized spacial score (nSPS) is 13.0. The van der Waals surface area contributed by atoms with Gasteiger partial charge in [0.2, 0.25) is 5.82 Å². The van der Waals surface area contributed by atoms with Crippen LogP contribution in [0.15, 0.2) is 35.4 Å². The Labute approximate surface area is 176 Å². The molecule has 9 heteroatoms. The predicted molar refractivity (Wildman–Crippen MR) is 110 cm³/mol. The SMILES string of the molecule is COC[C@H](C)n1c(C)cc(C(=O)CSc2nc(C(F)(F)F)nc3ccccc23)c1C. The molecule has 2 heterocycles. The summed E-state index contributed by atoms with van der Waals surface area (Å²) >= 11 is 0.991. The minimum absolute atomic E-state index is 0.0265. The van der Waals surface area contributed by atoms with Crippen LogP contribution >= 0.6 is 11.8 Å². The van der Waals surface area contributed by atoms with E-state index in [1.165, 1.54) is 6.07 Å². The molecule has 0 saturated carbocycles. The van der Waals surface area contributed by atoms with Crippen molar-refractivity contribution in [1.82, 2.24) is 14.5 Å². The number of fused-ring (bicyclic) bond motifs is 1. The fraction of sp³-hybridized carbons (Fsp3) is 0.381. The van der Waals surface area contributed by atoms with Crippen LogP contribution in [0.5, 0.6) is 0 Å². The first kappa shape index (κ1) is 22.3. The summed E-state index contributed by atoms with van der Waals surface area (Å²) in [6.45, 7) is 6.28. The number of aryl methyl sites for hydroxylation is 1. The van der Waals surface area contributed by atoms with E-state index in [1.807, 2.05) is 31.4 Å². The number of methoxy groups -OCH3 is 1. The molecule has 0 amide bonds. The number of hydrogen-bond donors (Lipinski definition) is 0. The van der Waals surface area contributed by atoms with Gasteiger partial charge in [-0.15, -0.1) is 0 Å². The molecule has 3 aromatic rings. The summed E-state index contributed by atoms with van der Waals surface area (Å²) in [5, 5.41) is 0.630. The molecule has 5 nitrogen and oxygen atoms in total. The lowest BCUT2D eigenvalue weighted by molar-refractivity contribution is -0.145. The Morgan fingerprint density at radius 1 is 1.23 bits per heavy atom. The molecule has 0 aliphatic rings. The van der Waals surface area contributed by atoms with Crippen LogP contribution in [-0.2, 0) is 10.9 Å². The van der Waals surface area contributed by atoms with Crippen molar-refractivity contribution in [3.63, 3.8) is 0 Å². The van der Waals surface area contributed by atoms with Gasteiger partial charge in [-0.05, 0) is 32.9 Å². The molecule has 0 fully saturated rings. The molecule has 0 saturated heterocycles. The molecule has 0 aliphatic carbocycles. The fourth-order valence-electron chi connectivity index (χ4n) is 3.55. The number of carbonyl (C=O) groups excluding carboxylic acids is 1. The van der Waals surface area contributed by atoms with Crippen LogP contribution in [-0.4, -0.2) is 39.8 Å². The number of rotatable bonds is 7. The second-order valence-corrected chi connectivity index (χ2v) is 8.00. The number of aromatic nitrogens is 3. The van der Waals surface area contributed by atoms with Gasteiger partial charge in [-0.25, -0.2) is 9.97 Å². The van der Waals surface area contributed by atoms with Gasteiger partial charge in [0, 0.05) is 29.4 Å². The molecule has 0 spiro atoms. The van der Waals surface area contributed by atoms with E-state index in [4.69, 9.17) is 4.74 Å². The number of thioether (sulfide) groups is 1. The van der Waals surface area contributed by atoms with Gasteiger partial charge in [0.15, 0.2) is 5.78 Å². The lowest BCUT2D eigenvalue weighted by Crippen LogP contribution is -2.15. The monoisotopic (exact) mass is 437 g/mol. The molecular weight excluding hydrogens is 415 g/mol. The second-order valence-electron chi connectivity index (χ2n) is 7.04. The molecule has 160 valence electrons. The van der Waals surface area contributed by atoms with Gasteiger partial charge < -0.3 is 9.30 Å². The van der Waals surface area contributed by atoms with Crippen molar-refractivity contribution in [3.05, 3.63) is 53.1 Å². The van der Waals surface area contributed by atoms with Crippen molar-refractivity contribution in [2.24, 2.45) is 0 Å². The van der Waals surface area contributed by atoms with Crippen molar-refractivity contribution < 1.29 is 22.7 Å². The molecule has 1 aromatic carbocycles. The van der Waals surface area contributed by atoms with Gasteiger partial charge in [-0.1, -0.05) is 30.0 Å². The van der Waals surface area contributed by atoms with Crippen LogP contribution in [0.4, 0.5) is 13.2 Å². The number of nitrogens with zero attached hydrogens (tertiary/aromatic N) is 3. The van der Waals surface area contributed by atoms with Gasteiger partial charge in [0.05, 0.1) is 23.9 Å². The molecule has 30 heavy (non-hydrogen) atoms. The Morgan fingerprint density at radius 3 is 2.60 bits per heavy atom. The maximum atomic E-state index is 13.2. The average Bonchev–Trinajstić information content (AvgIpc) is 2.99. The summed E-state index contributed by atoms with van der Waals surface area (Å²) in [5.41, 5.74) is 2.49. The lowest BCUT2D eigenvalue weighted by atomic mass is 10.2. The summed E-state index contributed by atoms with van der Waals surface area (Å²) < 4.78 is 46.8. The molecule has 0 radical (unpaired) electrons. The number of para-hydroxylation sites is 1. The topological polar surface area (TPSA) is 57.0 Å². The summed E-state index contributed by atoms with van der Waals surface area (Å²) in [7, 11) is 1.62. The summed E-state index contributed by atoms with van der Waals surface area (Å²) in [5.74, 6) is -1.40. The van der Waals surface area contributed by atoms with Crippen molar-refractivity contribution in [2.45, 2.75) is 38.0 Å². The smallest absolute Gasteiger partial charge is 0.383 e. The number of hydrogen-bond acceptors (Lipinski definition) is 5. The van der Waals surface area contributed by atoms with Crippen molar-refractivity contribution in [2.75, 3.05) is 19.5 Å². The molecule has 0 bridgehead atoms. The number of halogens is 3. The van der Waals surface area contributed by atoms with E-state index < -0.39 is 12.0 Å². The molecule has 1 atom stereocenters. The highest BCUT2D eigenvalue weighted by molar-refractivity contribution is 8.00. The Hall–Kier alpha value is -2.39. The Balaban J connectivity index is 1.88. The van der Waals surface area contributed by atoms with Crippen LogP contribution in [0.3, 0.4) is 0 Å². The molecule has 3 rings (SSSR count). The Morgan fingerprint density at radius 2 is 1.93 bits per heavy atom. The number of ketones is 1. The third kappa shape index (κ3) is 4.52. The quantitative estimate of drug-likeness (QED) is 0.287. The summed E-state index contributed by atoms with van der Waals surface area (Å²) in [4.78, 5) is 20.2. The highest BCUT2D eigenvalue weighted by atomic mass is 32.2. The van der Waals surface area contributed by atoms with E-state index in [-0.39, 0.29) is 28.1 Å². The van der Waals surface area contributed by atoms with E-state index in [0.29, 0.717) is 17.6 Å². The van der Waals surface area contributed by atoms with Crippen LogP contribution in [0.1, 0.15) is 40.5 Å². The van der Waals surface area contributed by atoms with E-state index in [2.05, 4.69) is 9.97 Å². The Kier molecular flexibility index (Phi) is 6.52. The predicted octanol–water partition coefficient (Wildman–Crippen LogP) is 5.25. The third-order valence-corrected chi connectivity index (χ3v) is 5.79. The number of alkyl halides is 3. The first-order valence-corrected chi connectivity index (χ1v) is 10.3. The van der Waals surface area contributed by atoms with Crippen LogP contribution in [0.2, 0.25) is 0 Å². The van der Waals surface area contributed by atoms with Crippen LogP contribution < -0.4 is 0 Å². The van der Waals surface area contributed by atoms with E-state index in [1.54, 1.807) is 25.3 Å². The summed E-state index contributed by atoms with van der Waals surface area (Å²) in [6.07, 6.45) is -4.66. The highest BCUT2D eigenvalue weighted by Gasteiger charge is 2.35. The second kappa shape index (κ2) is 8.77. The maximum absolute atomic E-state index is 13.2. The zero-order valence-corrected chi connectivity index (χ0v) is 17.9. The standard InChI is InChI=1S/C21H22F3N3O2S/c1-12-9-16(14(3)27(12)13(2)10-29-4)18(28)11-30-19-15-7-5-6-8-17(15)25-20(26-19)21(22,23)24/h5-9,13H,10-11H2,1-4H3/t13-/m0/s1. The van der Waals surface area contributed by atoms with Gasteiger partial charge in [0.1, 0.15) is 5.03 Å². The van der Waals surface area contributed by atoms with Crippen molar-refractivity contribution >= 4 is 28.4 Å². The molecule has 0 aliphatic heterocycles. The largest absolute Gasteiger partial charge is 0.451 e. The number of Topliss-reactive ketones (excluding diaryl/α,β-unsaturated/α-hetero) is 1. The Bertz CT molecular complexity index is 1080.